The molecule has 5 heteroatoms. The maximum absolute atomic E-state index is 12.3. The Bertz CT molecular complexity index is 373. The molecule has 1 amide bonds. The summed E-state index contributed by atoms with van der Waals surface area (Å²) in [6, 6.07) is -0.232. The monoisotopic (exact) mass is 297 g/mol. The Morgan fingerprint density at radius 3 is 2.33 bits per heavy atom. The van der Waals surface area contributed by atoms with Crippen LogP contribution in [0.2, 0.25) is 0 Å². The highest BCUT2D eigenvalue weighted by atomic mass is 16.5. The van der Waals surface area contributed by atoms with Gasteiger partial charge in [0.25, 0.3) is 0 Å². The van der Waals surface area contributed by atoms with E-state index in [9.17, 15) is 14.7 Å². The highest BCUT2D eigenvalue weighted by molar-refractivity contribution is 5.79. The minimum absolute atomic E-state index is 0.0617. The molecular formula is C16H27NO4. The van der Waals surface area contributed by atoms with Crippen LogP contribution in [-0.4, -0.2) is 35.7 Å². The molecule has 0 heterocycles. The molecule has 2 aliphatic carbocycles. The van der Waals surface area contributed by atoms with E-state index in [0.29, 0.717) is 12.8 Å². The van der Waals surface area contributed by atoms with E-state index in [1.54, 1.807) is 7.11 Å². The fraction of sp³-hybridized carbons (Fsp3) is 0.875. The molecule has 120 valence electrons. The Labute approximate surface area is 126 Å². The summed E-state index contributed by atoms with van der Waals surface area (Å²) in [5, 5.41) is 12.4. The number of nitrogens with one attached hydrogen (secondary N) is 1. The zero-order chi connectivity index (χ0) is 15.3. The molecule has 0 spiro atoms. The summed E-state index contributed by atoms with van der Waals surface area (Å²) in [5.74, 6) is -1.30. The number of carbonyl (C=O) groups excluding carboxylic acids is 1. The van der Waals surface area contributed by atoms with Gasteiger partial charge in [-0.25, -0.2) is 0 Å². The van der Waals surface area contributed by atoms with Crippen molar-refractivity contribution in [2.24, 2.45) is 5.92 Å². The first-order chi connectivity index (χ1) is 10.1. The van der Waals surface area contributed by atoms with Gasteiger partial charge in [0, 0.05) is 13.2 Å². The summed E-state index contributed by atoms with van der Waals surface area (Å²) < 4.78 is 5.48. The van der Waals surface area contributed by atoms with Gasteiger partial charge in [-0.2, -0.15) is 0 Å². The van der Waals surface area contributed by atoms with E-state index in [1.807, 2.05) is 0 Å². The third-order valence-corrected chi connectivity index (χ3v) is 5.11. The Balaban J connectivity index is 1.93. The molecule has 0 radical (unpaired) electrons. The van der Waals surface area contributed by atoms with Crippen molar-refractivity contribution in [2.75, 3.05) is 7.11 Å². The fourth-order valence-corrected chi connectivity index (χ4v) is 3.53. The van der Waals surface area contributed by atoms with Crippen LogP contribution in [0.5, 0.6) is 0 Å². The van der Waals surface area contributed by atoms with Crippen molar-refractivity contribution in [2.45, 2.75) is 75.9 Å². The van der Waals surface area contributed by atoms with Gasteiger partial charge < -0.3 is 15.2 Å². The molecule has 0 saturated heterocycles. The summed E-state index contributed by atoms with van der Waals surface area (Å²) in [5.41, 5.74) is -0.301. The Morgan fingerprint density at radius 2 is 1.81 bits per heavy atom. The van der Waals surface area contributed by atoms with Crippen molar-refractivity contribution in [3.05, 3.63) is 0 Å². The molecule has 2 fully saturated rings. The molecule has 0 bridgehead atoms. The highest BCUT2D eigenvalue weighted by Crippen LogP contribution is 2.38. The van der Waals surface area contributed by atoms with Crippen LogP contribution in [0.3, 0.4) is 0 Å². The fourth-order valence-electron chi connectivity index (χ4n) is 3.53. The summed E-state index contributed by atoms with van der Waals surface area (Å²) in [7, 11) is 1.66. The van der Waals surface area contributed by atoms with Gasteiger partial charge in [0.05, 0.1) is 17.9 Å². The van der Waals surface area contributed by atoms with Crippen LogP contribution >= 0.6 is 0 Å². The van der Waals surface area contributed by atoms with E-state index in [2.05, 4.69) is 5.32 Å². The maximum atomic E-state index is 12.3. The molecule has 2 saturated carbocycles. The Morgan fingerprint density at radius 1 is 1.14 bits per heavy atom. The number of amides is 1. The van der Waals surface area contributed by atoms with Gasteiger partial charge in [0.1, 0.15) is 0 Å². The first-order valence-electron chi connectivity index (χ1n) is 8.14. The van der Waals surface area contributed by atoms with Crippen molar-refractivity contribution in [3.63, 3.8) is 0 Å². The van der Waals surface area contributed by atoms with Crippen LogP contribution in [0, 0.1) is 5.92 Å². The zero-order valence-electron chi connectivity index (χ0n) is 12.9. The van der Waals surface area contributed by atoms with Gasteiger partial charge >= 0.3 is 5.97 Å². The number of carboxylic acids is 1. The number of carboxylic acid groups (broad SMARTS) is 1. The van der Waals surface area contributed by atoms with Crippen molar-refractivity contribution in [1.29, 1.82) is 0 Å². The molecular weight excluding hydrogens is 270 g/mol. The van der Waals surface area contributed by atoms with Gasteiger partial charge in [-0.1, -0.05) is 25.7 Å². The maximum Gasteiger partial charge on any atom is 0.308 e. The number of methoxy groups -OCH3 is 1. The minimum Gasteiger partial charge on any atom is -0.481 e. The van der Waals surface area contributed by atoms with E-state index in [1.165, 1.54) is 0 Å². The largest absolute Gasteiger partial charge is 0.481 e. The van der Waals surface area contributed by atoms with Gasteiger partial charge in [-0.3, -0.25) is 9.59 Å². The lowest BCUT2D eigenvalue weighted by Crippen LogP contribution is -2.49. The smallest absolute Gasteiger partial charge is 0.308 e. The third-order valence-electron chi connectivity index (χ3n) is 5.11. The topological polar surface area (TPSA) is 75.6 Å². The van der Waals surface area contributed by atoms with Crippen molar-refractivity contribution in [1.82, 2.24) is 5.32 Å². The first kappa shape index (κ1) is 16.3. The second-order valence-corrected chi connectivity index (χ2v) is 6.53. The summed E-state index contributed by atoms with van der Waals surface area (Å²) in [4.78, 5) is 23.7. The van der Waals surface area contributed by atoms with Crippen LogP contribution in [-0.2, 0) is 14.3 Å². The zero-order valence-corrected chi connectivity index (χ0v) is 12.9. The molecule has 0 aliphatic heterocycles. The number of hydrogen-bond donors (Lipinski definition) is 2. The summed E-state index contributed by atoms with van der Waals surface area (Å²) in [6.45, 7) is 0. The van der Waals surface area contributed by atoms with E-state index >= 15 is 0 Å². The van der Waals surface area contributed by atoms with Crippen molar-refractivity contribution < 1.29 is 19.4 Å². The summed E-state index contributed by atoms with van der Waals surface area (Å²) in [6.07, 6.45) is 8.87. The molecule has 5 nitrogen and oxygen atoms in total. The van der Waals surface area contributed by atoms with Crippen LogP contribution < -0.4 is 5.32 Å². The molecule has 2 N–H and O–H groups in total. The average molecular weight is 297 g/mol. The van der Waals surface area contributed by atoms with E-state index < -0.39 is 11.9 Å². The lowest BCUT2D eigenvalue weighted by Gasteiger charge is -2.40. The Hall–Kier alpha value is -1.10. The van der Waals surface area contributed by atoms with Crippen molar-refractivity contribution in [3.8, 4) is 0 Å². The number of aliphatic carboxylic acids is 1. The second-order valence-electron chi connectivity index (χ2n) is 6.53. The van der Waals surface area contributed by atoms with Crippen LogP contribution in [0.1, 0.15) is 64.2 Å². The minimum atomic E-state index is -0.785. The molecule has 0 aromatic rings. The number of carbonyl (C=O) groups is 2. The highest BCUT2D eigenvalue weighted by Gasteiger charge is 2.40. The number of rotatable bonds is 5. The SMILES string of the molecule is COC1(CC(=O)NC2CCCCCCC2C(=O)O)CCC1. The average Bonchev–Trinajstić information content (AvgIpc) is 2.37. The van der Waals surface area contributed by atoms with Crippen LogP contribution in [0.15, 0.2) is 0 Å². The van der Waals surface area contributed by atoms with Crippen LogP contribution in [0.4, 0.5) is 0 Å². The third kappa shape index (κ3) is 4.19. The van der Waals surface area contributed by atoms with E-state index in [-0.39, 0.29) is 17.6 Å². The number of hydrogen-bond acceptors (Lipinski definition) is 3. The molecule has 2 rings (SSSR count). The lowest BCUT2D eigenvalue weighted by atomic mass is 9.77. The molecule has 2 atom stereocenters. The normalized spacial score (nSPS) is 28.8. The second kappa shape index (κ2) is 7.25. The Kier molecular flexibility index (Phi) is 5.62. The molecule has 2 unspecified atom stereocenters. The van der Waals surface area contributed by atoms with E-state index in [0.717, 1.165) is 51.4 Å². The predicted octanol–water partition coefficient (Wildman–Crippen LogP) is 2.49. The molecule has 2 aliphatic rings. The van der Waals surface area contributed by atoms with Gasteiger partial charge in [0.2, 0.25) is 5.91 Å². The number of ether oxygens (including phenoxy) is 1. The van der Waals surface area contributed by atoms with Crippen LogP contribution in [0.25, 0.3) is 0 Å². The lowest BCUT2D eigenvalue weighted by molar-refractivity contribution is -0.144. The van der Waals surface area contributed by atoms with Gasteiger partial charge in [-0.15, -0.1) is 0 Å². The first-order valence-corrected chi connectivity index (χ1v) is 8.14. The predicted molar refractivity (Wildman–Crippen MR) is 79.0 cm³/mol. The van der Waals surface area contributed by atoms with Gasteiger partial charge in [-0.05, 0) is 32.1 Å². The summed E-state index contributed by atoms with van der Waals surface area (Å²) >= 11 is 0. The molecule has 0 aromatic heterocycles. The molecule has 0 aromatic carbocycles. The standard InChI is InChI=1S/C16H27NO4/c1-21-16(9-6-10-16)11-14(18)17-13-8-5-3-2-4-7-12(13)15(19)20/h12-13H,2-11H2,1H3,(H,17,18)(H,19,20). The molecule has 21 heavy (non-hydrogen) atoms. The van der Waals surface area contributed by atoms with Crippen molar-refractivity contribution >= 4 is 11.9 Å². The quantitative estimate of drug-likeness (QED) is 0.817. The van der Waals surface area contributed by atoms with E-state index in [4.69, 9.17) is 4.74 Å². The van der Waals surface area contributed by atoms with Gasteiger partial charge in [0.15, 0.2) is 0 Å².